The van der Waals surface area contributed by atoms with E-state index in [1.165, 1.54) is 0 Å². The number of hydrogen-bond acceptors (Lipinski definition) is 11. The largest absolute Gasteiger partial charge is 1.00 e. The van der Waals surface area contributed by atoms with Crippen LogP contribution in [0, 0.1) is 0 Å². The molecule has 3 aromatic carbocycles. The molecule has 0 aromatic heterocycles. The van der Waals surface area contributed by atoms with E-state index in [0.29, 0.717) is 35.9 Å². The summed E-state index contributed by atoms with van der Waals surface area (Å²) in [5, 5.41) is 5.62. The molecule has 0 saturated heterocycles. The van der Waals surface area contributed by atoms with Crippen LogP contribution in [0.3, 0.4) is 0 Å². The average Bonchev–Trinajstić information content (AvgIpc) is 2.89. The number of amides is 1. The molecule has 0 bridgehead atoms. The van der Waals surface area contributed by atoms with E-state index in [0.717, 1.165) is 12.1 Å². The molecule has 0 unspecified atom stereocenters. The summed E-state index contributed by atoms with van der Waals surface area (Å²) in [6.07, 6.45) is -0.400. The van der Waals surface area contributed by atoms with Crippen LogP contribution >= 0.6 is 0 Å². The second-order valence-electron chi connectivity index (χ2n) is 8.11. The average molecular weight is 623 g/mol. The second-order valence-corrected chi connectivity index (χ2v) is 10.8. The molecule has 1 amide bonds. The molecule has 41 heavy (non-hydrogen) atoms. The van der Waals surface area contributed by atoms with Gasteiger partial charge in [0.1, 0.15) is 32.6 Å². The van der Waals surface area contributed by atoms with Crippen LogP contribution in [0.2, 0.25) is 0 Å². The normalized spacial score (nSPS) is 11.0. The zero-order valence-electron chi connectivity index (χ0n) is 22.4. The van der Waals surface area contributed by atoms with Crippen molar-refractivity contribution in [3.8, 4) is 5.75 Å². The van der Waals surface area contributed by atoms with Crippen molar-refractivity contribution in [1.29, 1.82) is 0 Å². The topological polar surface area (TPSA) is 191 Å². The third-order valence-electron chi connectivity index (χ3n) is 5.25. The summed E-state index contributed by atoms with van der Waals surface area (Å²) >= 11 is 0. The van der Waals surface area contributed by atoms with Crippen molar-refractivity contribution in [3.63, 3.8) is 0 Å². The van der Waals surface area contributed by atoms with Gasteiger partial charge in [-0.05, 0) is 60.5 Å². The van der Waals surface area contributed by atoms with Crippen molar-refractivity contribution in [3.05, 3.63) is 89.5 Å². The molecule has 0 saturated carbocycles. The summed E-state index contributed by atoms with van der Waals surface area (Å²) < 4.78 is 77.9. The Hall–Kier alpha value is -1.82. The van der Waals surface area contributed by atoms with Gasteiger partial charge >= 0.3 is 65.3 Å². The Kier molecular flexibility index (Phi) is 15.7. The second kappa shape index (κ2) is 17.3. The Morgan fingerprint density at radius 1 is 0.805 bits per heavy atom. The minimum atomic E-state index is -5.01. The molecule has 0 fully saturated rings. The first-order valence-corrected chi connectivity index (χ1v) is 14.3. The molecule has 3 rings (SSSR count). The molecule has 0 heterocycles. The fraction of sp³-hybridized carbons (Fsp3) is 0.200. The molecular weight excluding hydrogens is 598 g/mol. The van der Waals surface area contributed by atoms with Crippen LogP contribution in [0.1, 0.15) is 27.9 Å². The molecule has 2 N–H and O–H groups in total. The van der Waals surface area contributed by atoms with Crippen molar-refractivity contribution < 1.29 is 104 Å². The summed E-state index contributed by atoms with van der Waals surface area (Å²) in [6.45, 7) is 0.494. The first kappa shape index (κ1) is 37.2. The fourth-order valence-corrected chi connectivity index (χ4v) is 4.62. The number of para-hydroxylation sites is 1. The van der Waals surface area contributed by atoms with E-state index in [1.54, 1.807) is 54.6 Å². The first-order chi connectivity index (χ1) is 18.4. The monoisotopic (exact) mass is 622 g/mol. The zero-order chi connectivity index (χ0) is 28.5. The SMILES string of the molecule is O=C(OCc1ccc(C(=O)NCCCNCc2ccc(S(=O)(=O)[O-])cc2S(=O)(=O)[O-])cc1)Oc1ccccc1.[Na+].[Na+]. The Balaban J connectivity index is 0.00000420. The predicted molar refractivity (Wildman–Crippen MR) is 135 cm³/mol. The van der Waals surface area contributed by atoms with Crippen molar-refractivity contribution in [2.75, 3.05) is 13.1 Å². The van der Waals surface area contributed by atoms with E-state index >= 15 is 0 Å². The van der Waals surface area contributed by atoms with E-state index in [-0.39, 0.29) is 90.3 Å². The molecule has 0 radical (unpaired) electrons. The van der Waals surface area contributed by atoms with Gasteiger partial charge in [0, 0.05) is 18.7 Å². The van der Waals surface area contributed by atoms with Crippen molar-refractivity contribution in [1.82, 2.24) is 10.6 Å². The minimum Gasteiger partial charge on any atom is -0.744 e. The van der Waals surface area contributed by atoms with E-state index < -0.39 is 36.2 Å². The first-order valence-electron chi connectivity index (χ1n) is 11.5. The van der Waals surface area contributed by atoms with Crippen molar-refractivity contribution in [2.24, 2.45) is 0 Å². The fourth-order valence-electron chi connectivity index (χ4n) is 3.32. The van der Waals surface area contributed by atoms with Crippen LogP contribution in [0.5, 0.6) is 5.75 Å². The van der Waals surface area contributed by atoms with Crippen LogP contribution in [0.4, 0.5) is 4.79 Å². The van der Waals surface area contributed by atoms with E-state index in [9.17, 15) is 35.5 Å². The van der Waals surface area contributed by atoms with Crippen molar-refractivity contribution in [2.45, 2.75) is 29.4 Å². The summed E-state index contributed by atoms with van der Waals surface area (Å²) in [5.74, 6) is 0.0251. The molecular formula is C25H24N2Na2O10S2. The van der Waals surface area contributed by atoms with Gasteiger partial charge in [0.25, 0.3) is 5.91 Å². The van der Waals surface area contributed by atoms with Gasteiger partial charge in [0.2, 0.25) is 0 Å². The van der Waals surface area contributed by atoms with Crippen LogP contribution in [-0.4, -0.2) is 51.1 Å². The molecule has 12 nitrogen and oxygen atoms in total. The minimum absolute atomic E-state index is 0. The third kappa shape index (κ3) is 12.5. The number of rotatable bonds is 12. The van der Waals surface area contributed by atoms with Gasteiger partial charge in [0.05, 0.1) is 9.79 Å². The predicted octanol–water partition coefficient (Wildman–Crippen LogP) is -3.87. The molecule has 208 valence electrons. The van der Waals surface area contributed by atoms with E-state index in [2.05, 4.69) is 10.6 Å². The Morgan fingerprint density at radius 3 is 2.07 bits per heavy atom. The van der Waals surface area contributed by atoms with Gasteiger partial charge in [-0.1, -0.05) is 36.4 Å². The number of hydrogen-bond donors (Lipinski definition) is 2. The van der Waals surface area contributed by atoms with Gasteiger partial charge in [-0.2, -0.15) is 0 Å². The zero-order valence-corrected chi connectivity index (χ0v) is 28.0. The maximum Gasteiger partial charge on any atom is 1.00 e. The number of ether oxygens (including phenoxy) is 2. The quantitative estimate of drug-likeness (QED) is 0.0661. The maximum atomic E-state index is 12.3. The summed E-state index contributed by atoms with van der Waals surface area (Å²) in [4.78, 5) is 22.5. The smallest absolute Gasteiger partial charge is 0.744 e. The van der Waals surface area contributed by atoms with Crippen LogP contribution in [0.25, 0.3) is 0 Å². The molecule has 0 spiro atoms. The molecule has 0 aliphatic heterocycles. The molecule has 0 aliphatic carbocycles. The Morgan fingerprint density at radius 2 is 1.46 bits per heavy atom. The van der Waals surface area contributed by atoms with Gasteiger partial charge in [-0.25, -0.2) is 21.6 Å². The van der Waals surface area contributed by atoms with Crippen LogP contribution in [0.15, 0.2) is 82.6 Å². The third-order valence-corrected chi connectivity index (χ3v) is 7.00. The van der Waals surface area contributed by atoms with Gasteiger partial charge < -0.3 is 29.2 Å². The summed E-state index contributed by atoms with van der Waals surface area (Å²) in [5.41, 5.74) is 1.05. The standard InChI is InChI=1S/C25H26N2O10S2.2Na/c28-24(19-9-7-18(8-10-19)17-36-25(29)37-21-5-2-1-3-6-21)27-14-4-13-26-16-20-11-12-22(38(30,31)32)15-23(20)39(33,34)35;;/h1-3,5-12,15,26H,4,13-14,16-17H2,(H,27,28)(H,30,31,32)(H,33,34,35);;/q;2*+1/p-2. The van der Waals surface area contributed by atoms with Gasteiger partial charge in [-0.3, -0.25) is 4.79 Å². The number of carbonyl (C=O) groups is 2. The Labute approximate surface area is 282 Å². The molecule has 3 aromatic rings. The van der Waals surface area contributed by atoms with Crippen LogP contribution < -0.4 is 74.5 Å². The van der Waals surface area contributed by atoms with E-state index in [4.69, 9.17) is 9.47 Å². The number of carbonyl (C=O) groups excluding carboxylic acids is 2. The van der Waals surface area contributed by atoms with Crippen molar-refractivity contribution >= 4 is 32.3 Å². The molecule has 0 atom stereocenters. The number of benzene rings is 3. The Bertz CT molecular complexity index is 1520. The summed E-state index contributed by atoms with van der Waals surface area (Å²) in [7, 11) is -9.94. The van der Waals surface area contributed by atoms with Gasteiger partial charge in [-0.15, -0.1) is 0 Å². The van der Waals surface area contributed by atoms with Gasteiger partial charge in [0.15, 0.2) is 0 Å². The van der Waals surface area contributed by atoms with E-state index in [1.807, 2.05) is 0 Å². The summed E-state index contributed by atoms with van der Waals surface area (Å²) in [6, 6.07) is 17.5. The van der Waals surface area contributed by atoms with Crippen LogP contribution in [-0.2, 0) is 38.1 Å². The molecule has 0 aliphatic rings. The number of nitrogens with one attached hydrogen (secondary N) is 2. The maximum absolute atomic E-state index is 12.3. The molecule has 16 heteroatoms.